The van der Waals surface area contributed by atoms with Crippen molar-refractivity contribution in [3.8, 4) is 0 Å². The molecule has 3 nitrogen and oxygen atoms in total. The molecule has 0 unspecified atom stereocenters. The number of imide groups is 1. The standard InChI is InChI=1S/C22H22FNO2S/c1-14(2)27-20-19(17-8-4-15(3)5-9-17)21(25)24(22(20)26)13-12-16-6-10-18(23)11-7-16/h4-11,14H,12-13H2,1-3H3. The number of aryl methyl sites for hydroxylation is 1. The number of halogens is 1. The zero-order valence-corrected chi connectivity index (χ0v) is 16.5. The first-order valence-electron chi connectivity index (χ1n) is 8.95. The monoisotopic (exact) mass is 383 g/mol. The highest BCUT2D eigenvalue weighted by molar-refractivity contribution is 8.04. The molecule has 140 valence electrons. The van der Waals surface area contributed by atoms with Crippen molar-refractivity contribution in [2.45, 2.75) is 32.4 Å². The second kappa shape index (κ2) is 8.09. The van der Waals surface area contributed by atoms with Crippen molar-refractivity contribution >= 4 is 29.1 Å². The molecule has 0 saturated carbocycles. The second-order valence-corrected chi connectivity index (χ2v) is 8.46. The molecule has 2 aromatic rings. The van der Waals surface area contributed by atoms with Gasteiger partial charge in [0.25, 0.3) is 11.8 Å². The molecule has 0 saturated heterocycles. The lowest BCUT2D eigenvalue weighted by Crippen LogP contribution is -2.33. The van der Waals surface area contributed by atoms with Crippen molar-refractivity contribution in [2.24, 2.45) is 0 Å². The molecule has 0 atom stereocenters. The molecule has 0 aromatic heterocycles. The van der Waals surface area contributed by atoms with Crippen LogP contribution >= 0.6 is 11.8 Å². The molecule has 0 fully saturated rings. The Balaban J connectivity index is 1.86. The molecule has 27 heavy (non-hydrogen) atoms. The highest BCUT2D eigenvalue weighted by Gasteiger charge is 2.39. The maximum Gasteiger partial charge on any atom is 0.268 e. The molecular weight excluding hydrogens is 361 g/mol. The number of nitrogens with zero attached hydrogens (tertiary/aromatic N) is 1. The summed E-state index contributed by atoms with van der Waals surface area (Å²) in [7, 11) is 0. The summed E-state index contributed by atoms with van der Waals surface area (Å²) in [5, 5.41) is 0.189. The largest absolute Gasteiger partial charge is 0.274 e. The summed E-state index contributed by atoms with van der Waals surface area (Å²) in [6.07, 6.45) is 0.499. The van der Waals surface area contributed by atoms with Gasteiger partial charge in [0.15, 0.2) is 0 Å². The minimum Gasteiger partial charge on any atom is -0.274 e. The van der Waals surface area contributed by atoms with Crippen LogP contribution in [0.2, 0.25) is 0 Å². The fraction of sp³-hybridized carbons (Fsp3) is 0.273. The maximum absolute atomic E-state index is 13.1. The van der Waals surface area contributed by atoms with Crippen molar-refractivity contribution in [2.75, 3.05) is 6.54 Å². The van der Waals surface area contributed by atoms with E-state index in [0.717, 1.165) is 16.7 Å². The first-order valence-corrected chi connectivity index (χ1v) is 9.83. The summed E-state index contributed by atoms with van der Waals surface area (Å²) >= 11 is 1.43. The SMILES string of the molecule is Cc1ccc(C2=C(SC(C)C)C(=O)N(CCc3ccc(F)cc3)C2=O)cc1. The minimum absolute atomic E-state index is 0.189. The van der Waals surface area contributed by atoms with Gasteiger partial charge < -0.3 is 0 Å². The summed E-state index contributed by atoms with van der Waals surface area (Å²) in [6.45, 7) is 6.27. The number of rotatable bonds is 6. The highest BCUT2D eigenvalue weighted by Crippen LogP contribution is 2.37. The molecule has 0 N–H and O–H groups in total. The summed E-state index contributed by atoms with van der Waals surface area (Å²) < 4.78 is 13.1. The van der Waals surface area contributed by atoms with Gasteiger partial charge in [-0.25, -0.2) is 4.39 Å². The van der Waals surface area contributed by atoms with Gasteiger partial charge in [-0.3, -0.25) is 14.5 Å². The van der Waals surface area contributed by atoms with E-state index in [9.17, 15) is 14.0 Å². The molecular formula is C22H22FNO2S. The number of carbonyl (C=O) groups is 2. The molecule has 3 rings (SSSR count). The maximum atomic E-state index is 13.1. The topological polar surface area (TPSA) is 37.4 Å². The molecule has 2 amide bonds. The van der Waals surface area contributed by atoms with Crippen LogP contribution in [-0.2, 0) is 16.0 Å². The summed E-state index contributed by atoms with van der Waals surface area (Å²) in [5.41, 5.74) is 3.24. The third-order valence-corrected chi connectivity index (χ3v) is 5.44. The van der Waals surface area contributed by atoms with Crippen molar-refractivity contribution in [3.05, 3.63) is 75.9 Å². The van der Waals surface area contributed by atoms with Gasteiger partial charge in [-0.2, -0.15) is 0 Å². The fourth-order valence-electron chi connectivity index (χ4n) is 2.97. The van der Waals surface area contributed by atoms with Crippen LogP contribution in [0.3, 0.4) is 0 Å². The Bertz CT molecular complexity index is 886. The van der Waals surface area contributed by atoms with Crippen molar-refractivity contribution in [1.82, 2.24) is 4.90 Å². The first kappa shape index (κ1) is 19.4. The lowest BCUT2D eigenvalue weighted by atomic mass is 10.0. The third-order valence-electron chi connectivity index (χ3n) is 4.36. The van der Waals surface area contributed by atoms with Gasteiger partial charge in [0, 0.05) is 11.8 Å². The molecule has 0 spiro atoms. The molecule has 1 heterocycles. The molecule has 1 aliphatic heterocycles. The summed E-state index contributed by atoms with van der Waals surface area (Å²) in [6, 6.07) is 13.8. The van der Waals surface area contributed by atoms with Gasteiger partial charge in [0.1, 0.15) is 5.82 Å². The van der Waals surface area contributed by atoms with E-state index in [4.69, 9.17) is 0 Å². The normalized spacial score (nSPS) is 14.6. The van der Waals surface area contributed by atoms with Crippen LogP contribution in [0.25, 0.3) is 5.57 Å². The number of hydrogen-bond donors (Lipinski definition) is 0. The van der Waals surface area contributed by atoms with Gasteiger partial charge in [-0.15, -0.1) is 11.8 Å². The van der Waals surface area contributed by atoms with Crippen molar-refractivity contribution < 1.29 is 14.0 Å². The molecule has 0 aliphatic carbocycles. The van der Waals surface area contributed by atoms with E-state index >= 15 is 0 Å². The van der Waals surface area contributed by atoms with Crippen molar-refractivity contribution in [1.29, 1.82) is 0 Å². The third kappa shape index (κ3) is 4.30. The Hall–Kier alpha value is -2.40. The smallest absolute Gasteiger partial charge is 0.268 e. The molecule has 0 bridgehead atoms. The van der Waals surface area contributed by atoms with Crippen LogP contribution in [-0.4, -0.2) is 28.5 Å². The molecule has 2 aromatic carbocycles. The zero-order chi connectivity index (χ0) is 19.6. The highest BCUT2D eigenvalue weighted by atomic mass is 32.2. The van der Waals surface area contributed by atoms with E-state index in [1.807, 2.05) is 45.0 Å². The van der Waals surface area contributed by atoms with E-state index in [0.29, 0.717) is 16.9 Å². The lowest BCUT2D eigenvalue weighted by molar-refractivity contribution is -0.136. The Morgan fingerprint density at radius 2 is 1.59 bits per heavy atom. The second-order valence-electron chi connectivity index (χ2n) is 6.88. The average molecular weight is 383 g/mol. The number of thioether (sulfide) groups is 1. The summed E-state index contributed by atoms with van der Waals surface area (Å²) in [4.78, 5) is 27.8. The van der Waals surface area contributed by atoms with E-state index in [1.54, 1.807) is 12.1 Å². The summed E-state index contributed by atoms with van der Waals surface area (Å²) in [5.74, 6) is -0.795. The molecule has 5 heteroatoms. The predicted molar refractivity (Wildman–Crippen MR) is 108 cm³/mol. The molecule has 1 aliphatic rings. The molecule has 0 radical (unpaired) electrons. The van der Waals surface area contributed by atoms with Gasteiger partial charge in [-0.1, -0.05) is 55.8 Å². The Morgan fingerprint density at radius 1 is 0.963 bits per heavy atom. The van der Waals surface area contributed by atoms with E-state index < -0.39 is 0 Å². The van der Waals surface area contributed by atoms with Gasteiger partial charge in [-0.05, 0) is 36.6 Å². The number of amides is 2. The van der Waals surface area contributed by atoms with Crippen LogP contribution in [0.15, 0.2) is 53.4 Å². The Labute approximate surface area is 163 Å². The van der Waals surface area contributed by atoms with Crippen molar-refractivity contribution in [3.63, 3.8) is 0 Å². The van der Waals surface area contributed by atoms with Gasteiger partial charge in [0.2, 0.25) is 0 Å². The zero-order valence-electron chi connectivity index (χ0n) is 15.7. The van der Waals surface area contributed by atoms with E-state index in [1.165, 1.54) is 28.8 Å². The first-order chi connectivity index (χ1) is 12.9. The predicted octanol–water partition coefficient (Wildman–Crippen LogP) is 4.60. The lowest BCUT2D eigenvalue weighted by Gasteiger charge is -2.15. The number of hydrogen-bond acceptors (Lipinski definition) is 3. The van der Waals surface area contributed by atoms with Gasteiger partial charge >= 0.3 is 0 Å². The van der Waals surface area contributed by atoms with Gasteiger partial charge in [0.05, 0.1) is 10.5 Å². The van der Waals surface area contributed by atoms with Crippen LogP contribution in [0.4, 0.5) is 4.39 Å². The fourth-order valence-corrected chi connectivity index (χ4v) is 3.97. The van der Waals surface area contributed by atoms with E-state index in [-0.39, 0.29) is 29.4 Å². The average Bonchev–Trinajstić information content (AvgIpc) is 2.85. The van der Waals surface area contributed by atoms with Crippen LogP contribution < -0.4 is 0 Å². The Kier molecular flexibility index (Phi) is 5.80. The number of carbonyl (C=O) groups excluding carboxylic acids is 2. The quantitative estimate of drug-likeness (QED) is 0.684. The van der Waals surface area contributed by atoms with Crippen LogP contribution in [0, 0.1) is 12.7 Å². The minimum atomic E-state index is -0.300. The van der Waals surface area contributed by atoms with E-state index in [2.05, 4.69) is 0 Å². The number of benzene rings is 2. The Morgan fingerprint density at radius 3 is 2.19 bits per heavy atom. The van der Waals surface area contributed by atoms with Crippen LogP contribution in [0.1, 0.15) is 30.5 Å². The van der Waals surface area contributed by atoms with Crippen LogP contribution in [0.5, 0.6) is 0 Å².